The molecule has 0 bridgehead atoms. The summed E-state index contributed by atoms with van der Waals surface area (Å²) in [5, 5.41) is 5.01. The lowest BCUT2D eigenvalue weighted by atomic mass is 10.1. The molecule has 1 aliphatic heterocycles. The Morgan fingerprint density at radius 1 is 1.33 bits per heavy atom. The molecule has 1 atom stereocenters. The topological polar surface area (TPSA) is 24.4 Å². The Bertz CT molecular complexity index is 399. The first-order chi connectivity index (χ1) is 7.15. The maximum atomic E-state index is 4.43. The van der Waals surface area contributed by atoms with Crippen molar-refractivity contribution in [2.45, 2.75) is 26.0 Å². The first kappa shape index (κ1) is 10.6. The van der Waals surface area contributed by atoms with E-state index in [1.54, 1.807) is 0 Å². The monoisotopic (exact) mass is 220 g/mol. The predicted octanol–water partition coefficient (Wildman–Crippen LogP) is 3.21. The number of hydrogen-bond donors (Lipinski definition) is 1. The van der Waals surface area contributed by atoms with Gasteiger partial charge in [0.25, 0.3) is 0 Å². The number of rotatable bonds is 1. The van der Waals surface area contributed by atoms with Crippen LogP contribution in [0.4, 0.5) is 5.69 Å². The van der Waals surface area contributed by atoms with E-state index >= 15 is 0 Å². The predicted molar refractivity (Wildman–Crippen MR) is 68.9 cm³/mol. The summed E-state index contributed by atoms with van der Waals surface area (Å²) in [6.07, 6.45) is 0. The SMILES string of the molecule is Cc1ccc(NC2=NC[C@H](C)S2)cc1C. The fourth-order valence-electron chi connectivity index (χ4n) is 1.49. The lowest BCUT2D eigenvalue weighted by molar-refractivity contribution is 0.976. The van der Waals surface area contributed by atoms with Crippen LogP contribution in [0.2, 0.25) is 0 Å². The van der Waals surface area contributed by atoms with Crippen LogP contribution in [0.5, 0.6) is 0 Å². The van der Waals surface area contributed by atoms with Crippen molar-refractivity contribution < 1.29 is 0 Å². The molecule has 0 amide bonds. The van der Waals surface area contributed by atoms with E-state index in [-0.39, 0.29) is 0 Å². The van der Waals surface area contributed by atoms with Gasteiger partial charge < -0.3 is 5.32 Å². The average molecular weight is 220 g/mol. The zero-order valence-electron chi connectivity index (χ0n) is 9.37. The van der Waals surface area contributed by atoms with Gasteiger partial charge in [-0.15, -0.1) is 0 Å². The Morgan fingerprint density at radius 2 is 2.13 bits per heavy atom. The van der Waals surface area contributed by atoms with E-state index in [1.165, 1.54) is 11.1 Å². The lowest BCUT2D eigenvalue weighted by Crippen LogP contribution is -2.06. The maximum absolute atomic E-state index is 4.43. The van der Waals surface area contributed by atoms with Crippen molar-refractivity contribution in [3.8, 4) is 0 Å². The summed E-state index contributed by atoms with van der Waals surface area (Å²) in [5.74, 6) is 0. The van der Waals surface area contributed by atoms with Crippen LogP contribution in [0, 0.1) is 13.8 Å². The quantitative estimate of drug-likeness (QED) is 0.786. The molecule has 0 saturated heterocycles. The number of benzene rings is 1. The molecule has 0 spiro atoms. The molecule has 0 radical (unpaired) electrons. The average Bonchev–Trinajstić information content (AvgIpc) is 2.58. The van der Waals surface area contributed by atoms with Gasteiger partial charge in [-0.3, -0.25) is 4.99 Å². The zero-order valence-corrected chi connectivity index (χ0v) is 10.2. The molecular weight excluding hydrogens is 204 g/mol. The van der Waals surface area contributed by atoms with E-state index in [0.717, 1.165) is 17.4 Å². The highest BCUT2D eigenvalue weighted by Gasteiger charge is 2.14. The first-order valence-electron chi connectivity index (χ1n) is 5.20. The van der Waals surface area contributed by atoms with Gasteiger partial charge in [0.15, 0.2) is 5.17 Å². The zero-order chi connectivity index (χ0) is 10.8. The van der Waals surface area contributed by atoms with E-state index in [4.69, 9.17) is 0 Å². The molecule has 1 N–H and O–H groups in total. The molecule has 3 heteroatoms. The maximum Gasteiger partial charge on any atom is 0.161 e. The smallest absolute Gasteiger partial charge is 0.161 e. The number of nitrogens with one attached hydrogen (secondary N) is 1. The lowest BCUT2D eigenvalue weighted by Gasteiger charge is -2.08. The van der Waals surface area contributed by atoms with Crippen molar-refractivity contribution in [2.75, 3.05) is 11.9 Å². The molecular formula is C12H16N2S. The third kappa shape index (κ3) is 2.53. The number of hydrogen-bond acceptors (Lipinski definition) is 3. The minimum atomic E-state index is 0.610. The molecule has 0 aliphatic carbocycles. The van der Waals surface area contributed by atoms with Crippen LogP contribution < -0.4 is 5.32 Å². The summed E-state index contributed by atoms with van der Waals surface area (Å²) in [7, 11) is 0. The molecule has 0 unspecified atom stereocenters. The van der Waals surface area contributed by atoms with Gasteiger partial charge in [-0.1, -0.05) is 24.8 Å². The van der Waals surface area contributed by atoms with Crippen molar-refractivity contribution in [1.29, 1.82) is 0 Å². The Morgan fingerprint density at radius 3 is 2.73 bits per heavy atom. The number of nitrogens with zero attached hydrogens (tertiary/aromatic N) is 1. The van der Waals surface area contributed by atoms with E-state index < -0.39 is 0 Å². The van der Waals surface area contributed by atoms with Gasteiger partial charge in [-0.25, -0.2) is 0 Å². The van der Waals surface area contributed by atoms with Gasteiger partial charge in [0.05, 0.1) is 6.54 Å². The van der Waals surface area contributed by atoms with Gasteiger partial charge in [0.2, 0.25) is 0 Å². The highest BCUT2D eigenvalue weighted by molar-refractivity contribution is 8.15. The van der Waals surface area contributed by atoms with Crippen molar-refractivity contribution in [1.82, 2.24) is 0 Å². The van der Waals surface area contributed by atoms with Gasteiger partial charge in [-0.05, 0) is 37.1 Å². The molecule has 0 aromatic heterocycles. The normalized spacial score (nSPS) is 20.2. The van der Waals surface area contributed by atoms with Crippen LogP contribution in [-0.4, -0.2) is 17.0 Å². The van der Waals surface area contributed by atoms with Gasteiger partial charge in [-0.2, -0.15) is 0 Å². The van der Waals surface area contributed by atoms with E-state index in [2.05, 4.69) is 49.3 Å². The Labute approximate surface area is 95.2 Å². The highest BCUT2D eigenvalue weighted by Crippen LogP contribution is 2.22. The van der Waals surface area contributed by atoms with Crippen LogP contribution in [0.25, 0.3) is 0 Å². The van der Waals surface area contributed by atoms with E-state index in [0.29, 0.717) is 5.25 Å². The molecule has 15 heavy (non-hydrogen) atoms. The Balaban J connectivity index is 2.08. The first-order valence-corrected chi connectivity index (χ1v) is 6.08. The largest absolute Gasteiger partial charge is 0.335 e. The van der Waals surface area contributed by atoms with Crippen LogP contribution in [0.3, 0.4) is 0 Å². The number of anilines is 1. The second kappa shape index (κ2) is 4.27. The van der Waals surface area contributed by atoms with E-state index in [1.807, 2.05) is 11.8 Å². The molecule has 2 nitrogen and oxygen atoms in total. The molecule has 1 aromatic rings. The molecule has 1 heterocycles. The summed E-state index contributed by atoms with van der Waals surface area (Å²) in [6, 6.07) is 6.41. The molecule has 0 saturated carbocycles. The summed E-state index contributed by atoms with van der Waals surface area (Å²) < 4.78 is 0. The molecule has 0 fully saturated rings. The third-order valence-corrected chi connectivity index (χ3v) is 3.57. The van der Waals surface area contributed by atoms with Crippen molar-refractivity contribution >= 4 is 22.6 Å². The number of aryl methyl sites for hydroxylation is 2. The van der Waals surface area contributed by atoms with Crippen molar-refractivity contribution in [2.24, 2.45) is 4.99 Å². The summed E-state index contributed by atoms with van der Waals surface area (Å²) in [4.78, 5) is 4.43. The Hall–Kier alpha value is -0.960. The Kier molecular flexibility index (Phi) is 3.00. The van der Waals surface area contributed by atoms with Crippen LogP contribution >= 0.6 is 11.8 Å². The number of aliphatic imine (C=N–C) groups is 1. The molecule has 2 rings (SSSR count). The fraction of sp³-hybridized carbons (Fsp3) is 0.417. The van der Waals surface area contributed by atoms with Crippen LogP contribution in [0.1, 0.15) is 18.1 Å². The number of thioether (sulfide) groups is 1. The van der Waals surface area contributed by atoms with Crippen LogP contribution in [-0.2, 0) is 0 Å². The highest BCUT2D eigenvalue weighted by atomic mass is 32.2. The summed E-state index contributed by atoms with van der Waals surface area (Å²) in [6.45, 7) is 7.39. The second-order valence-corrected chi connectivity index (χ2v) is 5.43. The summed E-state index contributed by atoms with van der Waals surface area (Å²) >= 11 is 1.81. The van der Waals surface area contributed by atoms with Crippen LogP contribution in [0.15, 0.2) is 23.2 Å². The second-order valence-electron chi connectivity index (χ2n) is 4.00. The van der Waals surface area contributed by atoms with Gasteiger partial charge in [0, 0.05) is 10.9 Å². The number of amidine groups is 1. The van der Waals surface area contributed by atoms with Crippen molar-refractivity contribution in [3.05, 3.63) is 29.3 Å². The third-order valence-electron chi connectivity index (χ3n) is 2.56. The minimum absolute atomic E-state index is 0.610. The standard InChI is InChI=1S/C12H16N2S/c1-8-4-5-11(6-9(8)2)14-12-13-7-10(3)15-12/h4-6,10H,7H2,1-3H3,(H,13,14)/t10-/m0/s1. The van der Waals surface area contributed by atoms with E-state index in [9.17, 15) is 0 Å². The molecule has 1 aliphatic rings. The fourth-order valence-corrected chi connectivity index (χ4v) is 2.34. The minimum Gasteiger partial charge on any atom is -0.335 e. The van der Waals surface area contributed by atoms with Gasteiger partial charge >= 0.3 is 0 Å². The molecule has 80 valence electrons. The van der Waals surface area contributed by atoms with Crippen molar-refractivity contribution in [3.63, 3.8) is 0 Å². The summed E-state index contributed by atoms with van der Waals surface area (Å²) in [5.41, 5.74) is 3.78. The molecule has 1 aromatic carbocycles. The van der Waals surface area contributed by atoms with Gasteiger partial charge in [0.1, 0.15) is 0 Å².